The number of hydrogen-bond acceptors (Lipinski definition) is 7. The molecule has 1 aliphatic rings. The van der Waals surface area contributed by atoms with Crippen molar-refractivity contribution < 1.29 is 9.13 Å². The highest BCUT2D eigenvalue weighted by Crippen LogP contribution is 2.27. The molecule has 1 fully saturated rings. The zero-order valence-corrected chi connectivity index (χ0v) is 21.4. The largest absolute Gasteiger partial charge is 0.468 e. The van der Waals surface area contributed by atoms with Gasteiger partial charge in [-0.2, -0.15) is 5.10 Å². The summed E-state index contributed by atoms with van der Waals surface area (Å²) in [5.41, 5.74) is 3.61. The number of nitrogens with one attached hydrogen (secondary N) is 3. The highest BCUT2D eigenvalue weighted by molar-refractivity contribution is 5.94. The molecule has 0 bridgehead atoms. The maximum absolute atomic E-state index is 15.0. The van der Waals surface area contributed by atoms with E-state index in [1.165, 1.54) is 0 Å². The van der Waals surface area contributed by atoms with Gasteiger partial charge in [-0.1, -0.05) is 0 Å². The second-order valence-corrected chi connectivity index (χ2v) is 9.02. The lowest BCUT2D eigenvalue weighted by Gasteiger charge is -2.37. The molecule has 196 valence electrons. The van der Waals surface area contributed by atoms with Gasteiger partial charge in [-0.25, -0.2) is 14.4 Å². The number of hydrogen-bond donors (Lipinski definition) is 3. The first-order valence-corrected chi connectivity index (χ1v) is 12.3. The molecule has 0 spiro atoms. The first-order chi connectivity index (χ1) is 18.5. The average Bonchev–Trinajstić information content (AvgIpc) is 3.53. The van der Waals surface area contributed by atoms with E-state index in [9.17, 15) is 0 Å². The molecule has 1 saturated heterocycles. The Labute approximate surface area is 220 Å². The van der Waals surface area contributed by atoms with Crippen molar-refractivity contribution in [3.05, 3.63) is 77.9 Å². The van der Waals surface area contributed by atoms with E-state index >= 15 is 4.39 Å². The minimum absolute atomic E-state index is 0.0631. The lowest BCUT2D eigenvalue weighted by Crippen LogP contribution is -2.48. The third-order valence-corrected chi connectivity index (χ3v) is 6.30. The van der Waals surface area contributed by atoms with Crippen LogP contribution in [0.4, 0.5) is 15.9 Å². The number of ether oxygens (including phenoxy) is 1. The Morgan fingerprint density at radius 3 is 2.74 bits per heavy atom. The van der Waals surface area contributed by atoms with Crippen LogP contribution in [0.25, 0.3) is 10.9 Å². The zero-order valence-electron chi connectivity index (χ0n) is 21.4. The second kappa shape index (κ2) is 11.2. The number of piperazine rings is 1. The number of pyridine rings is 1. The summed E-state index contributed by atoms with van der Waals surface area (Å²) < 4.78 is 20.8. The monoisotopic (exact) mass is 515 g/mol. The molecule has 4 heterocycles. The summed E-state index contributed by atoms with van der Waals surface area (Å²) in [5.74, 6) is 1.50. The number of aliphatic imine (C=N–C) groups is 2. The number of rotatable bonds is 8. The van der Waals surface area contributed by atoms with Crippen LogP contribution in [-0.4, -0.2) is 70.5 Å². The van der Waals surface area contributed by atoms with Crippen molar-refractivity contribution in [3.63, 3.8) is 0 Å². The predicted octanol–water partition coefficient (Wildman–Crippen LogP) is 4.25. The van der Waals surface area contributed by atoms with Gasteiger partial charge < -0.3 is 24.8 Å². The van der Waals surface area contributed by atoms with E-state index in [0.717, 1.165) is 48.8 Å². The molecule has 1 aliphatic heterocycles. The maximum Gasteiger partial charge on any atom is 0.181 e. The molecule has 0 amide bonds. The quantitative estimate of drug-likeness (QED) is 0.239. The van der Waals surface area contributed by atoms with Gasteiger partial charge in [0.1, 0.15) is 11.7 Å². The number of H-pyrrole nitrogens is 2. The number of aromatic nitrogens is 4. The first kappa shape index (κ1) is 25.0. The summed E-state index contributed by atoms with van der Waals surface area (Å²) in [6, 6.07) is 11.0. The number of halogens is 1. The predicted molar refractivity (Wildman–Crippen MR) is 149 cm³/mol. The van der Waals surface area contributed by atoms with Crippen LogP contribution in [0.15, 0.2) is 70.7 Å². The standard InChI is InChI=1S/C27H30FN9O/c1-18-13-21-22(32-18)6-7-23(27(21)28)38-17-31-26(15-24(29-3)33-25-14-19(2)34-35-25)37-11-9-36(10-12-37)20-5-4-8-30-16-20/h4-8,13-16,32H,3,9-12,17H2,1-2H3,(H2,33,34,35)/b24-15+,31-26+. The van der Waals surface area contributed by atoms with Crippen molar-refractivity contribution in [1.29, 1.82) is 0 Å². The molecule has 0 unspecified atom stereocenters. The topological polar surface area (TPSA) is 110 Å². The van der Waals surface area contributed by atoms with Gasteiger partial charge in [-0.3, -0.25) is 10.1 Å². The van der Waals surface area contributed by atoms with Crippen LogP contribution in [0, 0.1) is 19.7 Å². The number of benzene rings is 1. The third-order valence-electron chi connectivity index (χ3n) is 6.30. The lowest BCUT2D eigenvalue weighted by molar-refractivity contribution is 0.309. The Hall–Kier alpha value is -4.67. The number of nitrogens with zero attached hydrogens (tertiary/aromatic N) is 6. The summed E-state index contributed by atoms with van der Waals surface area (Å²) in [7, 11) is 0. The third kappa shape index (κ3) is 5.66. The van der Waals surface area contributed by atoms with Gasteiger partial charge in [-0.15, -0.1) is 0 Å². The van der Waals surface area contributed by atoms with Crippen LogP contribution in [-0.2, 0) is 0 Å². The van der Waals surface area contributed by atoms with Crippen molar-refractivity contribution in [2.24, 2.45) is 9.98 Å². The van der Waals surface area contributed by atoms with Crippen LogP contribution in [0.2, 0.25) is 0 Å². The minimum atomic E-state index is -0.409. The van der Waals surface area contributed by atoms with E-state index in [4.69, 9.17) is 4.74 Å². The van der Waals surface area contributed by atoms with E-state index in [2.05, 4.69) is 58.1 Å². The van der Waals surface area contributed by atoms with Crippen molar-refractivity contribution in [2.75, 3.05) is 43.1 Å². The molecule has 1 aromatic carbocycles. The molecule has 5 rings (SSSR count). The molecule has 4 aromatic rings. The van der Waals surface area contributed by atoms with Gasteiger partial charge in [0.25, 0.3) is 0 Å². The van der Waals surface area contributed by atoms with Crippen molar-refractivity contribution >= 4 is 35.0 Å². The summed E-state index contributed by atoms with van der Waals surface area (Å²) in [6.45, 7) is 10.5. The fourth-order valence-corrected chi connectivity index (χ4v) is 4.40. The second-order valence-electron chi connectivity index (χ2n) is 9.02. The fraction of sp³-hybridized carbons (Fsp3) is 0.259. The summed E-state index contributed by atoms with van der Waals surface area (Å²) in [5, 5.41) is 10.7. The van der Waals surface area contributed by atoms with E-state index in [-0.39, 0.29) is 12.5 Å². The van der Waals surface area contributed by atoms with Crippen LogP contribution < -0.4 is 15.0 Å². The van der Waals surface area contributed by atoms with Gasteiger partial charge >= 0.3 is 0 Å². The molecule has 0 atom stereocenters. The Morgan fingerprint density at radius 2 is 2.03 bits per heavy atom. The Bertz CT molecular complexity index is 1470. The van der Waals surface area contributed by atoms with E-state index in [0.29, 0.717) is 22.9 Å². The molecular formula is C27H30FN9O. The van der Waals surface area contributed by atoms with Gasteiger partial charge in [-0.05, 0) is 50.9 Å². The molecule has 3 N–H and O–H groups in total. The maximum atomic E-state index is 15.0. The average molecular weight is 516 g/mol. The van der Waals surface area contributed by atoms with E-state index in [1.54, 1.807) is 30.5 Å². The Kier molecular flexibility index (Phi) is 7.34. The smallest absolute Gasteiger partial charge is 0.181 e. The molecular weight excluding hydrogens is 485 g/mol. The fourth-order valence-electron chi connectivity index (χ4n) is 4.40. The van der Waals surface area contributed by atoms with Crippen LogP contribution >= 0.6 is 0 Å². The van der Waals surface area contributed by atoms with Crippen molar-refractivity contribution in [2.45, 2.75) is 13.8 Å². The van der Waals surface area contributed by atoms with Crippen molar-refractivity contribution in [3.8, 4) is 5.75 Å². The highest BCUT2D eigenvalue weighted by atomic mass is 19.1. The molecule has 3 aromatic heterocycles. The van der Waals surface area contributed by atoms with Gasteiger partial charge in [0.2, 0.25) is 0 Å². The van der Waals surface area contributed by atoms with E-state index < -0.39 is 5.82 Å². The molecule has 0 aliphatic carbocycles. The SMILES string of the molecule is C=N/C(=C\C(=N/COc1ccc2[nH]c(C)cc2c1F)N1CCN(c2cccnc2)CC1)Nc1cc(C)[nH]n1. The summed E-state index contributed by atoms with van der Waals surface area (Å²) >= 11 is 0. The van der Waals surface area contributed by atoms with Crippen LogP contribution in [0.3, 0.4) is 0 Å². The number of amidine groups is 1. The van der Waals surface area contributed by atoms with Gasteiger partial charge in [0.05, 0.1) is 11.9 Å². The number of fused-ring (bicyclic) bond motifs is 1. The van der Waals surface area contributed by atoms with Gasteiger partial charge in [0, 0.05) is 66.8 Å². The number of aryl methyl sites for hydroxylation is 2. The molecule has 11 heteroatoms. The first-order valence-electron chi connectivity index (χ1n) is 12.3. The summed E-state index contributed by atoms with van der Waals surface area (Å²) in [4.78, 5) is 20.6. The highest BCUT2D eigenvalue weighted by Gasteiger charge is 2.20. The molecule has 38 heavy (non-hydrogen) atoms. The number of anilines is 2. The summed E-state index contributed by atoms with van der Waals surface area (Å²) in [6.07, 6.45) is 5.44. The Morgan fingerprint density at radius 1 is 1.18 bits per heavy atom. The molecule has 0 radical (unpaired) electrons. The van der Waals surface area contributed by atoms with Crippen molar-refractivity contribution in [1.82, 2.24) is 25.1 Å². The van der Waals surface area contributed by atoms with E-state index in [1.807, 2.05) is 32.2 Å². The molecule has 10 nitrogen and oxygen atoms in total. The Balaban J connectivity index is 1.35. The normalized spacial score (nSPS) is 14.7. The number of aromatic amines is 2. The van der Waals surface area contributed by atoms with Crippen LogP contribution in [0.5, 0.6) is 5.75 Å². The molecule has 0 saturated carbocycles. The van der Waals surface area contributed by atoms with Crippen LogP contribution in [0.1, 0.15) is 11.4 Å². The van der Waals surface area contributed by atoms with Gasteiger partial charge in [0.15, 0.2) is 24.1 Å². The zero-order chi connectivity index (χ0) is 26.5. The lowest BCUT2D eigenvalue weighted by atomic mass is 10.2. The minimum Gasteiger partial charge on any atom is -0.468 e.